The lowest BCUT2D eigenvalue weighted by Gasteiger charge is -2.36. The van der Waals surface area contributed by atoms with E-state index in [2.05, 4.69) is 180 Å². The van der Waals surface area contributed by atoms with Crippen molar-refractivity contribution in [3.63, 3.8) is 0 Å². The zero-order valence-electron chi connectivity index (χ0n) is 80.8. The third-order valence-corrected chi connectivity index (χ3v) is 26.6. The van der Waals surface area contributed by atoms with Gasteiger partial charge in [0.15, 0.2) is 0 Å². The number of halogens is 1. The SMILES string of the molecule is CCCN(c1cc(OC)cc(OC)c1)c1ccc2ncc(-c3cnn(CCCN)c3)nc2c1.COc1cc(Br)cc(N(CC2CC2)c2ccc3ncc(-c4cnn(C)c4)nc3c2)c1.COc1cc(OC)cc(N(CC2CC2)c2ccc3ncc(-c4cnn(CC5(OC)CCNCC5)c4)nc3c2)c1.COc1cc(OC)cc(N(CC2CC2)c2ccc3ncc(-c4cnn(CCN5CCCC5)c4)nc3c2)c1. The van der Waals surface area contributed by atoms with Crippen LogP contribution >= 0.6 is 15.9 Å². The predicted molar refractivity (Wildman–Crippen MR) is 551 cm³/mol. The van der Waals surface area contributed by atoms with Crippen molar-refractivity contribution in [2.24, 2.45) is 30.5 Å². The molecule has 3 aliphatic carbocycles. The summed E-state index contributed by atoms with van der Waals surface area (Å²) in [6.07, 6.45) is 36.7. The van der Waals surface area contributed by atoms with Crippen LogP contribution < -0.4 is 63.8 Å². The highest BCUT2D eigenvalue weighted by atomic mass is 79.9. The Hall–Kier alpha value is -13.9. The van der Waals surface area contributed by atoms with Crippen LogP contribution in [-0.2, 0) is 31.4 Å². The maximum atomic E-state index is 5.94. The number of rotatable bonds is 36. The minimum atomic E-state index is -0.188. The largest absolute Gasteiger partial charge is 0.497 e. The summed E-state index contributed by atoms with van der Waals surface area (Å²) in [5.74, 6) is 7.51. The minimum Gasteiger partial charge on any atom is -0.497 e. The molecule has 0 bridgehead atoms. The number of nitrogens with one attached hydrogen (secondary N) is 1. The average molecular weight is 1940 g/mol. The lowest BCUT2D eigenvalue weighted by atomic mass is 9.92. The monoisotopic (exact) mass is 1940 g/mol. The summed E-state index contributed by atoms with van der Waals surface area (Å²) in [5, 5.41) is 21.3. The van der Waals surface area contributed by atoms with E-state index < -0.39 is 0 Å². The van der Waals surface area contributed by atoms with E-state index in [9.17, 15) is 0 Å². The Morgan fingerprint density at radius 1 is 0.381 bits per heavy atom. The van der Waals surface area contributed by atoms with Crippen molar-refractivity contribution in [3.05, 3.63) is 224 Å². The molecule has 5 aliphatic rings. The molecule has 0 atom stereocenters. The fourth-order valence-electron chi connectivity index (χ4n) is 17.8. The van der Waals surface area contributed by atoms with Crippen LogP contribution in [0.15, 0.2) is 224 Å². The van der Waals surface area contributed by atoms with Crippen LogP contribution in [0.2, 0.25) is 0 Å². The first-order valence-corrected chi connectivity index (χ1v) is 48.8. The Kier molecular flexibility index (Phi) is 30.4. The second kappa shape index (κ2) is 44.3. The molecule has 10 heterocycles. The molecule has 2 aliphatic heterocycles. The smallest absolute Gasteiger partial charge is 0.124 e. The van der Waals surface area contributed by atoms with Gasteiger partial charge in [-0.05, 0) is 212 Å². The summed E-state index contributed by atoms with van der Waals surface area (Å²) in [5.41, 5.74) is 27.9. The van der Waals surface area contributed by atoms with E-state index in [1.165, 1.54) is 64.5 Å². The van der Waals surface area contributed by atoms with Gasteiger partial charge in [0.25, 0.3) is 0 Å². The second-order valence-electron chi connectivity index (χ2n) is 36.2. The van der Waals surface area contributed by atoms with Crippen molar-refractivity contribution in [1.82, 2.24) is 89.2 Å². The van der Waals surface area contributed by atoms with Crippen molar-refractivity contribution in [2.45, 2.75) is 109 Å². The third kappa shape index (κ3) is 23.9. The first-order valence-electron chi connectivity index (χ1n) is 48.0. The van der Waals surface area contributed by atoms with Gasteiger partial charge in [-0.2, -0.15) is 20.4 Å². The van der Waals surface area contributed by atoms with Gasteiger partial charge in [-0.25, -0.2) is 19.9 Å². The lowest BCUT2D eigenvalue weighted by molar-refractivity contribution is -0.0490. The fraction of sp³-hybridized carbons (Fsp3) is 0.364. The van der Waals surface area contributed by atoms with Gasteiger partial charge < -0.3 is 73.4 Å². The Morgan fingerprint density at radius 3 is 1.09 bits per heavy atom. The average Bonchev–Trinajstić information content (AvgIpc) is 1.78. The lowest BCUT2D eigenvalue weighted by Crippen LogP contribution is -2.46. The van der Waals surface area contributed by atoms with Crippen LogP contribution in [0, 0.1) is 17.8 Å². The molecule has 5 fully saturated rings. The number of benzene rings is 8. The summed E-state index contributed by atoms with van der Waals surface area (Å²) in [4.78, 5) is 50.2. The molecule has 0 amide bonds. The molecule has 8 aromatic heterocycles. The molecular formula is C107H122BrN23O8. The van der Waals surface area contributed by atoms with Crippen LogP contribution in [0.1, 0.15) is 84.0 Å². The number of aromatic nitrogens is 16. The predicted octanol–water partition coefficient (Wildman–Crippen LogP) is 19.7. The van der Waals surface area contributed by atoms with Gasteiger partial charge in [0.1, 0.15) is 40.2 Å². The highest BCUT2D eigenvalue weighted by molar-refractivity contribution is 9.10. The maximum Gasteiger partial charge on any atom is 0.124 e. The Morgan fingerprint density at radius 2 is 0.727 bits per heavy atom. The van der Waals surface area contributed by atoms with E-state index >= 15 is 0 Å². The third-order valence-electron chi connectivity index (χ3n) is 26.2. The summed E-state index contributed by atoms with van der Waals surface area (Å²) >= 11 is 3.62. The molecule has 2 saturated heterocycles. The molecule has 0 unspecified atom stereocenters. The normalized spacial score (nSPS) is 14.5. The van der Waals surface area contributed by atoms with Gasteiger partial charge in [0, 0.05) is 211 Å². The number of piperidine rings is 1. The number of aryl methyl sites for hydroxylation is 2. The quantitative estimate of drug-likeness (QED) is 0.0368. The van der Waals surface area contributed by atoms with Crippen molar-refractivity contribution in [2.75, 3.05) is 142 Å². The Balaban J connectivity index is 0.000000123. The van der Waals surface area contributed by atoms with E-state index in [1.807, 2.05) is 131 Å². The van der Waals surface area contributed by atoms with Crippen molar-refractivity contribution in [1.29, 1.82) is 0 Å². The number of ether oxygens (including phenoxy) is 8. The fourth-order valence-corrected chi connectivity index (χ4v) is 18.2. The van der Waals surface area contributed by atoms with E-state index in [1.54, 1.807) is 74.0 Å². The zero-order chi connectivity index (χ0) is 95.9. The van der Waals surface area contributed by atoms with Crippen LogP contribution in [0.5, 0.6) is 40.2 Å². The van der Waals surface area contributed by atoms with Gasteiger partial charge in [-0.3, -0.25) is 38.7 Å². The molecule has 139 heavy (non-hydrogen) atoms. The van der Waals surface area contributed by atoms with E-state index in [4.69, 9.17) is 73.5 Å². The van der Waals surface area contributed by atoms with Crippen LogP contribution in [0.25, 0.3) is 89.2 Å². The molecule has 32 heteroatoms. The standard InChI is InChI=1S/C30H36N6O3.C29H34N6O2.C25H30N6O2.C23H22BrN5O/c1-37-25-12-24(13-26(15-25)38-2)36(18-21-4-5-21)23-6-7-27-28(14-23)34-29(17-32-27)22-16-33-35(19-22)20-30(39-3)8-10-31-11-9-30;1-36-25-13-24(14-26(16-25)37-2)35(19-21-5-6-21)23-7-8-27-28(15-23)32-29(18-30-27)22-17-31-34(20-22)12-11-33-9-3-4-10-33;1-4-9-31(20-11-21(32-2)14-22(12-20)33-3)19-6-7-23-24(13-19)29-25(16-27-23)18-15-28-30(17-18)10-5-8-26;1-28-14-16(11-26-28)23-12-25-21-6-5-18(10-22(21)27-23)29(13-15-3-4-15)19-7-17(24)8-20(9-19)30-2/h6-7,12-17,19,21,31H,4-5,8-11,18,20H2,1-3H3;7-8,13-18,20-21H,3-6,9-12,19H2,1-2H3;6-7,11-17H,4-5,8-10,26H2,1-3H3;5-12,14-15H,3-4,13H2,1-2H3. The van der Waals surface area contributed by atoms with Crippen LogP contribution in [-0.4, -0.2) is 212 Å². The minimum absolute atomic E-state index is 0.188. The Bertz CT molecular complexity index is 6820. The maximum absolute atomic E-state index is 5.94. The topological polar surface area (TPSA) is 302 Å². The number of nitrogens with zero attached hydrogens (tertiary/aromatic N) is 21. The van der Waals surface area contributed by atoms with Gasteiger partial charge in [-0.1, -0.05) is 22.9 Å². The van der Waals surface area contributed by atoms with Crippen molar-refractivity contribution < 1.29 is 37.9 Å². The molecule has 8 aromatic carbocycles. The highest BCUT2D eigenvalue weighted by Gasteiger charge is 2.34. The molecule has 21 rings (SSSR count). The first-order chi connectivity index (χ1) is 68.0. The molecular weight excluding hydrogens is 1820 g/mol. The summed E-state index contributed by atoms with van der Waals surface area (Å²) in [7, 11) is 15.5. The van der Waals surface area contributed by atoms with Crippen LogP contribution in [0.4, 0.5) is 45.5 Å². The number of likely N-dealkylation sites (tertiary alicyclic amines) is 1. The number of hydrogen-bond donors (Lipinski definition) is 2. The highest BCUT2D eigenvalue weighted by Crippen LogP contribution is 2.45. The van der Waals surface area contributed by atoms with Gasteiger partial charge in [0.05, 0.1) is 185 Å². The Labute approximate surface area is 819 Å². The molecule has 16 aromatic rings. The van der Waals surface area contributed by atoms with Crippen molar-refractivity contribution >= 4 is 106 Å². The molecule has 0 spiro atoms. The van der Waals surface area contributed by atoms with Crippen LogP contribution in [0.3, 0.4) is 0 Å². The summed E-state index contributed by atoms with van der Waals surface area (Å²) in [6.45, 7) is 14.2. The van der Waals surface area contributed by atoms with E-state index in [-0.39, 0.29) is 5.60 Å². The van der Waals surface area contributed by atoms with Crippen molar-refractivity contribution in [3.8, 4) is 85.3 Å². The number of nitrogens with two attached hydrogens (primary N) is 1. The zero-order valence-corrected chi connectivity index (χ0v) is 82.4. The molecule has 3 N–H and O–H groups in total. The number of hydrogen-bond acceptors (Lipinski definition) is 27. The van der Waals surface area contributed by atoms with Gasteiger partial charge >= 0.3 is 0 Å². The van der Waals surface area contributed by atoms with Gasteiger partial charge in [-0.15, -0.1) is 0 Å². The number of fused-ring (bicyclic) bond motifs is 4. The van der Waals surface area contributed by atoms with Gasteiger partial charge in [0.2, 0.25) is 0 Å². The van der Waals surface area contributed by atoms with E-state index in [0.29, 0.717) is 18.4 Å². The molecule has 3 saturated carbocycles. The second-order valence-corrected chi connectivity index (χ2v) is 37.1. The molecule has 31 nitrogen and oxygen atoms in total. The number of methoxy groups -OCH3 is 8. The molecule has 720 valence electrons. The first kappa shape index (κ1) is 95.4. The molecule has 0 radical (unpaired) electrons. The summed E-state index contributed by atoms with van der Waals surface area (Å²) in [6, 6.07) is 49.2. The van der Waals surface area contributed by atoms with E-state index in [0.717, 1.165) is 276 Å². The summed E-state index contributed by atoms with van der Waals surface area (Å²) < 4.78 is 53.2. The number of anilines is 8.